The van der Waals surface area contributed by atoms with Crippen LogP contribution in [0.2, 0.25) is 0 Å². The minimum atomic E-state index is -0.828. The summed E-state index contributed by atoms with van der Waals surface area (Å²) in [6.07, 6.45) is 2.08. The molecule has 94 valence electrons. The van der Waals surface area contributed by atoms with Crippen molar-refractivity contribution in [3.63, 3.8) is 0 Å². The maximum atomic E-state index is 13.3. The summed E-state index contributed by atoms with van der Waals surface area (Å²) in [5, 5.41) is 9.13. The number of rotatable bonds is 1. The number of nitrogens with zero attached hydrogens (tertiary/aromatic N) is 1. The number of hydrogen-bond acceptors (Lipinski definition) is 3. The number of carbonyl (C=O) groups excluding carboxylic acids is 2. The minimum Gasteiger partial charge on any atom is -0.505 e. The zero-order valence-electron chi connectivity index (χ0n) is 9.60. The SMILES string of the molecule is O=C1C2CCC(C2)C(=O)N1c1ccc(O)c(F)c1. The quantitative estimate of drug-likeness (QED) is 0.772. The maximum Gasteiger partial charge on any atom is 0.236 e. The van der Waals surface area contributed by atoms with Gasteiger partial charge in [-0.05, 0) is 31.4 Å². The van der Waals surface area contributed by atoms with Crippen LogP contribution in [0.5, 0.6) is 5.75 Å². The highest BCUT2D eigenvalue weighted by atomic mass is 19.1. The van der Waals surface area contributed by atoms with Crippen molar-refractivity contribution in [3.05, 3.63) is 24.0 Å². The van der Waals surface area contributed by atoms with Crippen LogP contribution < -0.4 is 4.90 Å². The number of piperidine rings is 1. The van der Waals surface area contributed by atoms with Crippen LogP contribution in [-0.4, -0.2) is 16.9 Å². The molecule has 1 saturated heterocycles. The van der Waals surface area contributed by atoms with Crippen LogP contribution in [0.4, 0.5) is 10.1 Å². The molecule has 3 rings (SSSR count). The van der Waals surface area contributed by atoms with E-state index in [9.17, 15) is 14.0 Å². The van der Waals surface area contributed by atoms with E-state index in [0.717, 1.165) is 29.9 Å². The van der Waals surface area contributed by atoms with Crippen LogP contribution in [0.3, 0.4) is 0 Å². The molecule has 2 aliphatic rings. The molecule has 1 aliphatic heterocycles. The van der Waals surface area contributed by atoms with E-state index in [1.165, 1.54) is 6.07 Å². The number of phenols is 1. The van der Waals surface area contributed by atoms with E-state index in [1.54, 1.807) is 0 Å². The van der Waals surface area contributed by atoms with Crippen LogP contribution in [0.1, 0.15) is 19.3 Å². The molecule has 1 aromatic carbocycles. The molecule has 5 heteroatoms. The number of aromatic hydroxyl groups is 1. The number of hydrogen-bond donors (Lipinski definition) is 1. The molecule has 2 amide bonds. The predicted molar refractivity (Wildman–Crippen MR) is 61.4 cm³/mol. The van der Waals surface area contributed by atoms with Crippen molar-refractivity contribution in [1.29, 1.82) is 0 Å². The van der Waals surface area contributed by atoms with Gasteiger partial charge in [0, 0.05) is 17.9 Å². The Hall–Kier alpha value is -1.91. The van der Waals surface area contributed by atoms with Crippen molar-refractivity contribution in [1.82, 2.24) is 0 Å². The Morgan fingerprint density at radius 1 is 1.17 bits per heavy atom. The van der Waals surface area contributed by atoms with Gasteiger partial charge in [-0.3, -0.25) is 9.59 Å². The Bertz CT molecular complexity index is 521. The summed E-state index contributed by atoms with van der Waals surface area (Å²) in [7, 11) is 0. The van der Waals surface area contributed by atoms with Crippen molar-refractivity contribution in [2.45, 2.75) is 19.3 Å². The van der Waals surface area contributed by atoms with Crippen LogP contribution in [-0.2, 0) is 9.59 Å². The molecule has 2 atom stereocenters. The lowest BCUT2D eigenvalue weighted by Crippen LogP contribution is -2.46. The molecule has 2 unspecified atom stereocenters. The van der Waals surface area contributed by atoms with Gasteiger partial charge in [0.1, 0.15) is 0 Å². The molecule has 4 nitrogen and oxygen atoms in total. The zero-order valence-corrected chi connectivity index (χ0v) is 9.60. The van der Waals surface area contributed by atoms with Crippen LogP contribution >= 0.6 is 0 Å². The van der Waals surface area contributed by atoms with E-state index in [2.05, 4.69) is 0 Å². The van der Waals surface area contributed by atoms with Crippen LogP contribution in [0.25, 0.3) is 0 Å². The second-order valence-corrected chi connectivity index (χ2v) is 4.85. The van der Waals surface area contributed by atoms with Gasteiger partial charge in [-0.2, -0.15) is 0 Å². The fraction of sp³-hybridized carbons (Fsp3) is 0.385. The van der Waals surface area contributed by atoms with E-state index in [1.807, 2.05) is 0 Å². The van der Waals surface area contributed by atoms with Gasteiger partial charge in [-0.1, -0.05) is 0 Å². The second kappa shape index (κ2) is 3.80. The largest absolute Gasteiger partial charge is 0.505 e. The van der Waals surface area contributed by atoms with E-state index in [4.69, 9.17) is 5.11 Å². The highest BCUT2D eigenvalue weighted by Gasteiger charge is 2.45. The molecule has 2 fully saturated rings. The zero-order chi connectivity index (χ0) is 12.9. The number of amides is 2. The van der Waals surface area contributed by atoms with Gasteiger partial charge in [0.2, 0.25) is 11.8 Å². The lowest BCUT2D eigenvalue weighted by atomic mass is 9.96. The predicted octanol–water partition coefficient (Wildman–Crippen LogP) is 1.82. The first-order valence-electron chi connectivity index (χ1n) is 5.94. The molecule has 18 heavy (non-hydrogen) atoms. The minimum absolute atomic E-state index is 0.121. The Morgan fingerprint density at radius 2 is 1.78 bits per heavy atom. The fourth-order valence-corrected chi connectivity index (χ4v) is 2.79. The fourth-order valence-electron chi connectivity index (χ4n) is 2.79. The molecule has 1 saturated carbocycles. The number of imide groups is 1. The third kappa shape index (κ3) is 1.50. The highest BCUT2D eigenvalue weighted by molar-refractivity contribution is 6.18. The Kier molecular flexibility index (Phi) is 2.36. The van der Waals surface area contributed by atoms with Crippen LogP contribution in [0, 0.1) is 17.7 Å². The molecule has 1 N–H and O–H groups in total. The molecule has 1 aliphatic carbocycles. The number of benzene rings is 1. The van der Waals surface area contributed by atoms with E-state index in [0.29, 0.717) is 6.42 Å². The Morgan fingerprint density at radius 3 is 2.33 bits per heavy atom. The van der Waals surface area contributed by atoms with Gasteiger partial charge in [0.05, 0.1) is 5.69 Å². The number of halogens is 1. The molecule has 0 radical (unpaired) electrons. The summed E-state index contributed by atoms with van der Waals surface area (Å²) in [6.45, 7) is 0. The van der Waals surface area contributed by atoms with E-state index < -0.39 is 11.6 Å². The van der Waals surface area contributed by atoms with Gasteiger partial charge >= 0.3 is 0 Å². The number of anilines is 1. The summed E-state index contributed by atoms with van der Waals surface area (Å²) < 4.78 is 13.3. The first-order chi connectivity index (χ1) is 8.58. The van der Waals surface area contributed by atoms with Crippen molar-refractivity contribution in [2.75, 3.05) is 4.90 Å². The molecule has 0 spiro atoms. The number of carbonyl (C=O) groups is 2. The van der Waals surface area contributed by atoms with Crippen molar-refractivity contribution < 1.29 is 19.1 Å². The lowest BCUT2D eigenvalue weighted by Gasteiger charge is -2.29. The summed E-state index contributed by atoms with van der Waals surface area (Å²) in [5.74, 6) is -2.06. The van der Waals surface area contributed by atoms with Gasteiger partial charge < -0.3 is 5.11 Å². The standard InChI is InChI=1S/C13H12FNO3/c14-10-6-9(3-4-11(10)16)15-12(17)7-1-2-8(5-7)13(15)18/h3-4,6-8,16H,1-2,5H2. The molecule has 1 heterocycles. The average molecular weight is 249 g/mol. The van der Waals surface area contributed by atoms with Gasteiger partial charge in [0.25, 0.3) is 0 Å². The van der Waals surface area contributed by atoms with Crippen molar-refractivity contribution >= 4 is 17.5 Å². The summed E-state index contributed by atoms with van der Waals surface area (Å²) in [4.78, 5) is 25.3. The smallest absolute Gasteiger partial charge is 0.236 e. The third-order valence-electron chi connectivity index (χ3n) is 3.76. The Labute approximate surface area is 103 Å². The molecule has 0 aromatic heterocycles. The van der Waals surface area contributed by atoms with Gasteiger partial charge in [0.15, 0.2) is 11.6 Å². The van der Waals surface area contributed by atoms with Crippen LogP contribution in [0.15, 0.2) is 18.2 Å². The first kappa shape index (κ1) is 11.2. The highest BCUT2D eigenvalue weighted by Crippen LogP contribution is 2.40. The van der Waals surface area contributed by atoms with Gasteiger partial charge in [-0.25, -0.2) is 9.29 Å². The second-order valence-electron chi connectivity index (χ2n) is 4.85. The average Bonchev–Trinajstić information content (AvgIpc) is 2.78. The van der Waals surface area contributed by atoms with Crippen molar-refractivity contribution in [2.24, 2.45) is 11.8 Å². The normalized spacial score (nSPS) is 26.8. The lowest BCUT2D eigenvalue weighted by molar-refractivity contribution is -0.132. The Balaban J connectivity index is 2.02. The molecular formula is C13H12FNO3. The first-order valence-corrected chi connectivity index (χ1v) is 5.94. The monoisotopic (exact) mass is 249 g/mol. The number of fused-ring (bicyclic) bond motifs is 2. The third-order valence-corrected chi connectivity index (χ3v) is 3.76. The summed E-state index contributed by atoms with van der Waals surface area (Å²) >= 11 is 0. The van der Waals surface area contributed by atoms with E-state index in [-0.39, 0.29) is 29.3 Å². The molecule has 2 bridgehead atoms. The van der Waals surface area contributed by atoms with Crippen molar-refractivity contribution in [3.8, 4) is 5.75 Å². The maximum absolute atomic E-state index is 13.3. The summed E-state index contributed by atoms with van der Waals surface area (Å²) in [6, 6.07) is 3.57. The molecular weight excluding hydrogens is 237 g/mol. The van der Waals surface area contributed by atoms with Gasteiger partial charge in [-0.15, -0.1) is 0 Å². The number of phenolic OH excluding ortho intramolecular Hbond substituents is 1. The topological polar surface area (TPSA) is 57.6 Å². The van der Waals surface area contributed by atoms with E-state index >= 15 is 0 Å². The summed E-state index contributed by atoms with van der Waals surface area (Å²) in [5.41, 5.74) is 0.205. The molecule has 1 aromatic rings.